The van der Waals surface area contributed by atoms with Crippen molar-refractivity contribution in [2.75, 3.05) is 5.73 Å². The molecule has 0 bridgehead atoms. The number of aromatic nitrogens is 1. The van der Waals surface area contributed by atoms with Crippen molar-refractivity contribution in [1.82, 2.24) is 4.57 Å². The first-order valence-electron chi connectivity index (χ1n) is 7.82. The number of pyridine rings is 1. The molecule has 0 aliphatic rings. The predicted molar refractivity (Wildman–Crippen MR) is 107 cm³/mol. The minimum absolute atomic E-state index is 0.00945. The standard InChI is InChI=1S/C19H13Cl2N5O/c1-11-12(10-22)18(23)26(16-9-5-3-7-14(16)21)19(27)17(11)25-24-15-8-4-2-6-13(15)20/h2-9H,23H2,1H3. The highest BCUT2D eigenvalue weighted by Gasteiger charge is 2.20. The lowest BCUT2D eigenvalue weighted by molar-refractivity contribution is 0.978. The number of azo groups is 1. The predicted octanol–water partition coefficient (Wildman–Crippen LogP) is 5.32. The highest BCUT2D eigenvalue weighted by atomic mass is 35.5. The number of benzene rings is 2. The number of para-hydroxylation sites is 1. The quantitative estimate of drug-likeness (QED) is 0.605. The summed E-state index contributed by atoms with van der Waals surface area (Å²) in [4.78, 5) is 13.1. The van der Waals surface area contributed by atoms with Crippen molar-refractivity contribution < 1.29 is 0 Å². The number of halogens is 2. The van der Waals surface area contributed by atoms with Crippen molar-refractivity contribution in [3.8, 4) is 11.8 Å². The lowest BCUT2D eigenvalue weighted by atomic mass is 10.1. The van der Waals surface area contributed by atoms with Gasteiger partial charge in [-0.3, -0.25) is 9.36 Å². The SMILES string of the molecule is Cc1c(C#N)c(N)n(-c2ccccc2Cl)c(=O)c1N=Nc1ccccc1Cl. The molecule has 27 heavy (non-hydrogen) atoms. The second-order valence-electron chi connectivity index (χ2n) is 5.59. The molecule has 8 heteroatoms. The molecule has 2 aromatic carbocycles. The molecule has 0 saturated carbocycles. The van der Waals surface area contributed by atoms with Gasteiger partial charge in [-0.1, -0.05) is 47.5 Å². The summed E-state index contributed by atoms with van der Waals surface area (Å²) in [5.74, 6) is -0.00945. The summed E-state index contributed by atoms with van der Waals surface area (Å²) < 4.78 is 1.16. The molecule has 0 unspecified atom stereocenters. The number of nitrogens with two attached hydrogens (primary N) is 1. The molecule has 3 rings (SSSR count). The van der Waals surface area contributed by atoms with Gasteiger partial charge < -0.3 is 5.73 Å². The minimum Gasteiger partial charge on any atom is -0.384 e. The van der Waals surface area contributed by atoms with Crippen LogP contribution in [0.5, 0.6) is 0 Å². The molecule has 0 aliphatic heterocycles. The maximum absolute atomic E-state index is 13.1. The molecular weight excluding hydrogens is 385 g/mol. The Bertz CT molecular complexity index is 1160. The maximum Gasteiger partial charge on any atom is 0.284 e. The molecule has 1 aromatic heterocycles. The van der Waals surface area contributed by atoms with Gasteiger partial charge in [0.05, 0.1) is 21.3 Å². The molecule has 3 aromatic rings. The van der Waals surface area contributed by atoms with E-state index >= 15 is 0 Å². The maximum atomic E-state index is 13.1. The van der Waals surface area contributed by atoms with Crippen molar-refractivity contribution in [2.45, 2.75) is 6.92 Å². The number of hydrogen-bond acceptors (Lipinski definition) is 5. The van der Waals surface area contributed by atoms with Gasteiger partial charge in [-0.15, -0.1) is 10.2 Å². The normalized spacial score (nSPS) is 10.9. The Morgan fingerprint density at radius 3 is 2.30 bits per heavy atom. The van der Waals surface area contributed by atoms with Gasteiger partial charge in [0.2, 0.25) is 0 Å². The monoisotopic (exact) mass is 397 g/mol. The molecule has 0 radical (unpaired) electrons. The molecule has 134 valence electrons. The Kier molecular flexibility index (Phi) is 5.26. The number of nitriles is 1. The Morgan fingerprint density at radius 2 is 1.67 bits per heavy atom. The van der Waals surface area contributed by atoms with E-state index in [0.717, 1.165) is 4.57 Å². The summed E-state index contributed by atoms with van der Waals surface area (Å²) >= 11 is 12.3. The molecule has 1 heterocycles. The number of anilines is 1. The van der Waals surface area contributed by atoms with E-state index in [9.17, 15) is 10.1 Å². The molecule has 0 fully saturated rings. The first kappa shape index (κ1) is 18.6. The molecular formula is C19H13Cl2N5O. The van der Waals surface area contributed by atoms with Crippen LogP contribution in [-0.2, 0) is 0 Å². The first-order chi connectivity index (χ1) is 13.0. The van der Waals surface area contributed by atoms with Gasteiger partial charge >= 0.3 is 0 Å². The Labute approximate surface area is 165 Å². The third-order valence-electron chi connectivity index (χ3n) is 3.95. The van der Waals surface area contributed by atoms with E-state index in [0.29, 0.717) is 27.0 Å². The summed E-state index contributed by atoms with van der Waals surface area (Å²) in [6.07, 6.45) is 0. The summed E-state index contributed by atoms with van der Waals surface area (Å²) in [7, 11) is 0. The molecule has 0 aliphatic carbocycles. The molecule has 0 amide bonds. The van der Waals surface area contributed by atoms with Crippen molar-refractivity contribution >= 4 is 40.4 Å². The molecule has 0 saturated heterocycles. The fourth-order valence-corrected chi connectivity index (χ4v) is 2.96. The summed E-state index contributed by atoms with van der Waals surface area (Å²) in [6, 6.07) is 15.5. The number of rotatable bonds is 3. The topological polar surface area (TPSA) is 96.5 Å². The average Bonchev–Trinajstić information content (AvgIpc) is 2.65. The van der Waals surface area contributed by atoms with Crippen LogP contribution < -0.4 is 11.3 Å². The zero-order valence-electron chi connectivity index (χ0n) is 14.1. The van der Waals surface area contributed by atoms with Crippen LogP contribution in [0.15, 0.2) is 63.6 Å². The molecule has 0 atom stereocenters. The third-order valence-corrected chi connectivity index (χ3v) is 4.59. The highest BCUT2D eigenvalue weighted by molar-refractivity contribution is 6.33. The van der Waals surface area contributed by atoms with Crippen molar-refractivity contribution in [3.05, 3.63) is 80.1 Å². The Morgan fingerprint density at radius 1 is 1.04 bits per heavy atom. The van der Waals surface area contributed by atoms with E-state index in [1.807, 2.05) is 6.07 Å². The van der Waals surface area contributed by atoms with E-state index in [1.54, 1.807) is 55.5 Å². The average molecular weight is 398 g/mol. The zero-order chi connectivity index (χ0) is 19.6. The molecule has 0 spiro atoms. The van der Waals surface area contributed by atoms with Crippen LogP contribution in [0.25, 0.3) is 5.69 Å². The van der Waals surface area contributed by atoms with Crippen LogP contribution >= 0.6 is 23.2 Å². The molecule has 6 nitrogen and oxygen atoms in total. The second kappa shape index (κ2) is 7.62. The van der Waals surface area contributed by atoms with Crippen LogP contribution in [0.2, 0.25) is 10.0 Å². The van der Waals surface area contributed by atoms with Crippen LogP contribution in [0.4, 0.5) is 17.2 Å². The third kappa shape index (κ3) is 3.43. The minimum atomic E-state index is -0.534. The zero-order valence-corrected chi connectivity index (χ0v) is 15.7. The van der Waals surface area contributed by atoms with E-state index < -0.39 is 5.56 Å². The lowest BCUT2D eigenvalue weighted by Crippen LogP contribution is -2.23. The van der Waals surface area contributed by atoms with E-state index in [2.05, 4.69) is 10.2 Å². The van der Waals surface area contributed by atoms with Gasteiger partial charge in [0.15, 0.2) is 5.69 Å². The van der Waals surface area contributed by atoms with Crippen molar-refractivity contribution in [3.63, 3.8) is 0 Å². The van der Waals surface area contributed by atoms with E-state index in [4.69, 9.17) is 28.9 Å². The summed E-state index contributed by atoms with van der Waals surface area (Å²) in [5.41, 5.74) is 6.75. The fourth-order valence-electron chi connectivity index (χ4n) is 2.57. The number of nitrogen functional groups attached to an aromatic ring is 1. The highest BCUT2D eigenvalue weighted by Crippen LogP contribution is 2.30. The van der Waals surface area contributed by atoms with Crippen molar-refractivity contribution in [2.24, 2.45) is 10.2 Å². The van der Waals surface area contributed by atoms with Gasteiger partial charge in [0, 0.05) is 5.56 Å². The van der Waals surface area contributed by atoms with Gasteiger partial charge in [-0.05, 0) is 31.2 Å². The van der Waals surface area contributed by atoms with Crippen LogP contribution in [0, 0.1) is 18.3 Å². The summed E-state index contributed by atoms with van der Waals surface area (Å²) in [6.45, 7) is 1.59. The van der Waals surface area contributed by atoms with Gasteiger partial charge in [0.1, 0.15) is 17.6 Å². The fraction of sp³-hybridized carbons (Fsp3) is 0.0526. The van der Waals surface area contributed by atoms with Gasteiger partial charge in [0.25, 0.3) is 5.56 Å². The smallest absolute Gasteiger partial charge is 0.284 e. The molecule has 2 N–H and O–H groups in total. The van der Waals surface area contributed by atoms with E-state index in [-0.39, 0.29) is 17.1 Å². The number of nitrogens with zero attached hydrogens (tertiary/aromatic N) is 4. The lowest BCUT2D eigenvalue weighted by Gasteiger charge is -2.15. The van der Waals surface area contributed by atoms with Crippen molar-refractivity contribution in [1.29, 1.82) is 5.26 Å². The van der Waals surface area contributed by atoms with Crippen LogP contribution in [0.1, 0.15) is 11.1 Å². The van der Waals surface area contributed by atoms with E-state index in [1.165, 1.54) is 0 Å². The second-order valence-corrected chi connectivity index (χ2v) is 6.40. The van der Waals surface area contributed by atoms with Gasteiger partial charge in [-0.2, -0.15) is 5.26 Å². The first-order valence-corrected chi connectivity index (χ1v) is 8.57. The van der Waals surface area contributed by atoms with Crippen LogP contribution in [-0.4, -0.2) is 4.57 Å². The summed E-state index contributed by atoms with van der Waals surface area (Å²) in [5, 5.41) is 18.3. The number of hydrogen-bond donors (Lipinski definition) is 1. The van der Waals surface area contributed by atoms with Crippen LogP contribution in [0.3, 0.4) is 0 Å². The Hall–Kier alpha value is -3.14. The van der Waals surface area contributed by atoms with Gasteiger partial charge in [-0.25, -0.2) is 0 Å². The Balaban J connectivity index is 2.29. The largest absolute Gasteiger partial charge is 0.384 e.